The highest BCUT2D eigenvalue weighted by molar-refractivity contribution is 6.06. The van der Waals surface area contributed by atoms with Crippen molar-refractivity contribution in [3.63, 3.8) is 0 Å². The molecule has 0 unspecified atom stereocenters. The molecule has 0 saturated heterocycles. The van der Waals surface area contributed by atoms with Crippen LogP contribution in [0.25, 0.3) is 10.9 Å². The minimum Gasteiger partial charge on any atom is -0.355 e. The second-order valence-corrected chi connectivity index (χ2v) is 4.97. The highest BCUT2D eigenvalue weighted by Crippen LogP contribution is 2.21. The van der Waals surface area contributed by atoms with Crippen LogP contribution >= 0.6 is 0 Å². The van der Waals surface area contributed by atoms with Gasteiger partial charge in [0.2, 0.25) is 0 Å². The van der Waals surface area contributed by atoms with Crippen molar-refractivity contribution in [1.82, 2.24) is 10.3 Å². The first kappa shape index (κ1) is 13.5. The number of halogens is 1. The molecule has 100 valence electrons. The van der Waals surface area contributed by atoms with E-state index in [4.69, 9.17) is 0 Å². The Morgan fingerprint density at radius 3 is 2.68 bits per heavy atom. The maximum Gasteiger partial charge on any atom is 0.251 e. The Labute approximate surface area is 111 Å². The molecule has 0 aliphatic heterocycles. The SMILES string of the molecule is CNC(=O)c1ccc(F)c2nc(CC(C)C)ccc12. The van der Waals surface area contributed by atoms with Gasteiger partial charge in [0.1, 0.15) is 11.3 Å². The smallest absolute Gasteiger partial charge is 0.251 e. The molecular formula is C15H17FN2O. The quantitative estimate of drug-likeness (QED) is 0.922. The van der Waals surface area contributed by atoms with Gasteiger partial charge in [-0.2, -0.15) is 0 Å². The number of fused-ring (bicyclic) bond motifs is 1. The maximum atomic E-state index is 13.9. The topological polar surface area (TPSA) is 42.0 Å². The predicted molar refractivity (Wildman–Crippen MR) is 73.6 cm³/mol. The number of carbonyl (C=O) groups excluding carboxylic acids is 1. The molecule has 0 spiro atoms. The summed E-state index contributed by atoms with van der Waals surface area (Å²) in [7, 11) is 1.55. The zero-order chi connectivity index (χ0) is 14.0. The second kappa shape index (κ2) is 5.34. The fourth-order valence-corrected chi connectivity index (χ4v) is 2.09. The largest absolute Gasteiger partial charge is 0.355 e. The van der Waals surface area contributed by atoms with Crippen LogP contribution in [0.15, 0.2) is 24.3 Å². The lowest BCUT2D eigenvalue weighted by atomic mass is 10.0. The number of rotatable bonds is 3. The van der Waals surface area contributed by atoms with E-state index in [1.54, 1.807) is 13.1 Å². The lowest BCUT2D eigenvalue weighted by molar-refractivity contribution is 0.0964. The first-order valence-corrected chi connectivity index (χ1v) is 6.33. The van der Waals surface area contributed by atoms with E-state index in [2.05, 4.69) is 24.1 Å². The molecular weight excluding hydrogens is 243 g/mol. The number of amides is 1. The monoisotopic (exact) mass is 260 g/mol. The van der Waals surface area contributed by atoms with E-state index in [1.807, 2.05) is 6.07 Å². The fraction of sp³-hybridized carbons (Fsp3) is 0.333. The van der Waals surface area contributed by atoms with E-state index < -0.39 is 5.82 Å². The molecule has 1 heterocycles. The molecule has 0 saturated carbocycles. The average Bonchev–Trinajstić information content (AvgIpc) is 2.38. The predicted octanol–water partition coefficient (Wildman–Crippen LogP) is 2.93. The summed E-state index contributed by atoms with van der Waals surface area (Å²) < 4.78 is 13.9. The molecule has 0 fully saturated rings. The van der Waals surface area contributed by atoms with E-state index in [0.29, 0.717) is 16.9 Å². The number of carbonyl (C=O) groups is 1. The summed E-state index contributed by atoms with van der Waals surface area (Å²) >= 11 is 0. The Morgan fingerprint density at radius 1 is 1.32 bits per heavy atom. The number of pyridine rings is 1. The summed E-state index contributed by atoms with van der Waals surface area (Å²) in [5.74, 6) is -0.174. The van der Waals surface area contributed by atoms with Crippen LogP contribution < -0.4 is 5.32 Å². The molecule has 0 bridgehead atoms. The van der Waals surface area contributed by atoms with Crippen LogP contribution in [0.5, 0.6) is 0 Å². The highest BCUT2D eigenvalue weighted by atomic mass is 19.1. The van der Waals surface area contributed by atoms with Gasteiger partial charge in [0.25, 0.3) is 5.91 Å². The van der Waals surface area contributed by atoms with Gasteiger partial charge in [0.05, 0.1) is 0 Å². The summed E-state index contributed by atoms with van der Waals surface area (Å²) in [6, 6.07) is 6.40. The molecule has 2 rings (SSSR count). The molecule has 0 aliphatic rings. The van der Waals surface area contributed by atoms with E-state index in [1.165, 1.54) is 12.1 Å². The maximum absolute atomic E-state index is 13.9. The summed E-state index contributed by atoms with van der Waals surface area (Å²) in [6.45, 7) is 4.17. The van der Waals surface area contributed by atoms with Crippen molar-refractivity contribution in [3.8, 4) is 0 Å². The first-order valence-electron chi connectivity index (χ1n) is 6.33. The molecule has 2 aromatic rings. The third-order valence-corrected chi connectivity index (χ3v) is 2.95. The van der Waals surface area contributed by atoms with Crippen LogP contribution in [0, 0.1) is 11.7 Å². The number of nitrogens with zero attached hydrogens (tertiary/aromatic N) is 1. The average molecular weight is 260 g/mol. The van der Waals surface area contributed by atoms with Crippen LogP contribution in [0.1, 0.15) is 29.9 Å². The minimum absolute atomic E-state index is 0.233. The Hall–Kier alpha value is -1.97. The zero-order valence-electron chi connectivity index (χ0n) is 11.3. The van der Waals surface area contributed by atoms with Crippen LogP contribution in [0.3, 0.4) is 0 Å². The van der Waals surface area contributed by atoms with Crippen molar-refractivity contribution in [2.45, 2.75) is 20.3 Å². The van der Waals surface area contributed by atoms with Gasteiger partial charge < -0.3 is 5.32 Å². The summed E-state index contributed by atoms with van der Waals surface area (Å²) in [4.78, 5) is 16.1. The Kier molecular flexibility index (Phi) is 3.79. The van der Waals surface area contributed by atoms with Crippen molar-refractivity contribution < 1.29 is 9.18 Å². The second-order valence-electron chi connectivity index (χ2n) is 4.97. The van der Waals surface area contributed by atoms with Crippen LogP contribution in [-0.2, 0) is 6.42 Å². The van der Waals surface area contributed by atoms with Gasteiger partial charge in [-0.3, -0.25) is 4.79 Å². The molecule has 1 amide bonds. The lowest BCUT2D eigenvalue weighted by Crippen LogP contribution is -2.18. The molecule has 1 aromatic carbocycles. The Morgan fingerprint density at radius 2 is 2.05 bits per heavy atom. The molecule has 0 atom stereocenters. The van der Waals surface area contributed by atoms with E-state index in [0.717, 1.165) is 12.1 Å². The molecule has 0 radical (unpaired) electrons. The number of nitrogens with one attached hydrogen (secondary N) is 1. The molecule has 0 aliphatic carbocycles. The van der Waals surface area contributed by atoms with Crippen molar-refractivity contribution in [2.24, 2.45) is 5.92 Å². The van der Waals surface area contributed by atoms with Crippen LogP contribution in [-0.4, -0.2) is 17.9 Å². The van der Waals surface area contributed by atoms with Crippen molar-refractivity contribution in [1.29, 1.82) is 0 Å². The van der Waals surface area contributed by atoms with Gasteiger partial charge in [-0.25, -0.2) is 9.37 Å². The van der Waals surface area contributed by atoms with E-state index in [9.17, 15) is 9.18 Å². The van der Waals surface area contributed by atoms with Gasteiger partial charge >= 0.3 is 0 Å². The van der Waals surface area contributed by atoms with Crippen molar-refractivity contribution >= 4 is 16.8 Å². The van der Waals surface area contributed by atoms with E-state index >= 15 is 0 Å². The third-order valence-electron chi connectivity index (χ3n) is 2.95. The number of hydrogen-bond donors (Lipinski definition) is 1. The Bertz CT molecular complexity index is 623. The minimum atomic E-state index is -0.395. The van der Waals surface area contributed by atoms with Crippen LogP contribution in [0.2, 0.25) is 0 Å². The van der Waals surface area contributed by atoms with Gasteiger partial charge in [-0.15, -0.1) is 0 Å². The highest BCUT2D eigenvalue weighted by Gasteiger charge is 2.13. The van der Waals surface area contributed by atoms with Crippen molar-refractivity contribution in [2.75, 3.05) is 7.05 Å². The molecule has 4 heteroatoms. The zero-order valence-corrected chi connectivity index (χ0v) is 11.3. The fourth-order valence-electron chi connectivity index (χ4n) is 2.09. The molecule has 1 aromatic heterocycles. The summed E-state index contributed by atoms with van der Waals surface area (Å²) in [6.07, 6.45) is 0.791. The van der Waals surface area contributed by atoms with Gasteiger partial charge in [0.15, 0.2) is 0 Å². The van der Waals surface area contributed by atoms with Crippen LogP contribution in [0.4, 0.5) is 4.39 Å². The standard InChI is InChI=1S/C15H17FN2O/c1-9(2)8-10-4-5-11-12(15(19)17-3)6-7-13(16)14(11)18-10/h4-7,9H,8H2,1-3H3,(H,17,19). The van der Waals surface area contributed by atoms with Gasteiger partial charge in [-0.05, 0) is 30.5 Å². The van der Waals surface area contributed by atoms with Gasteiger partial charge in [0, 0.05) is 23.7 Å². The normalized spacial score (nSPS) is 11.0. The van der Waals surface area contributed by atoms with Gasteiger partial charge in [-0.1, -0.05) is 19.9 Å². The number of benzene rings is 1. The Balaban J connectivity index is 2.59. The summed E-state index contributed by atoms with van der Waals surface area (Å²) in [5.41, 5.74) is 1.55. The third kappa shape index (κ3) is 2.72. The molecule has 19 heavy (non-hydrogen) atoms. The summed E-state index contributed by atoms with van der Waals surface area (Å²) in [5, 5.41) is 3.10. The van der Waals surface area contributed by atoms with E-state index in [-0.39, 0.29) is 11.4 Å². The lowest BCUT2D eigenvalue weighted by Gasteiger charge is -2.09. The number of hydrogen-bond acceptors (Lipinski definition) is 2. The molecule has 3 nitrogen and oxygen atoms in total. The van der Waals surface area contributed by atoms with Crippen molar-refractivity contribution in [3.05, 3.63) is 41.3 Å². The number of aromatic nitrogens is 1. The molecule has 1 N–H and O–H groups in total. The first-order chi connectivity index (χ1) is 9.02.